The van der Waals surface area contributed by atoms with Gasteiger partial charge in [-0.1, -0.05) is 30.3 Å². The lowest BCUT2D eigenvalue weighted by molar-refractivity contribution is -0.129. The third-order valence-corrected chi connectivity index (χ3v) is 5.24. The minimum Gasteiger partial charge on any atom is -0.489 e. The lowest BCUT2D eigenvalue weighted by Gasteiger charge is -2.15. The quantitative estimate of drug-likeness (QED) is 0.617. The van der Waals surface area contributed by atoms with Gasteiger partial charge in [-0.2, -0.15) is 5.10 Å². The summed E-state index contributed by atoms with van der Waals surface area (Å²) in [6.07, 6.45) is 0.520. The largest absolute Gasteiger partial charge is 0.489 e. The molecule has 2 N–H and O–H groups in total. The van der Waals surface area contributed by atoms with Gasteiger partial charge in [0.25, 0.3) is 5.91 Å². The van der Waals surface area contributed by atoms with Crippen LogP contribution in [0.15, 0.2) is 48.5 Å². The molecule has 1 unspecified atom stereocenters. The number of ether oxygens (including phenoxy) is 1. The number of fused-ring (bicyclic) bond motifs is 1. The number of aliphatic hydroxyl groups excluding tert-OH is 1. The predicted molar refractivity (Wildman–Crippen MR) is 111 cm³/mol. The van der Waals surface area contributed by atoms with Crippen LogP contribution in [0, 0.1) is 0 Å². The zero-order chi connectivity index (χ0) is 21.1. The van der Waals surface area contributed by atoms with E-state index in [1.54, 1.807) is 18.0 Å². The molecule has 1 aromatic heterocycles. The Morgan fingerprint density at radius 2 is 2.07 bits per heavy atom. The number of amides is 2. The zero-order valence-electron chi connectivity index (χ0n) is 16.7. The molecule has 1 aliphatic rings. The van der Waals surface area contributed by atoms with E-state index in [-0.39, 0.29) is 25.0 Å². The summed E-state index contributed by atoms with van der Waals surface area (Å²) in [5.41, 5.74) is 2.10. The van der Waals surface area contributed by atoms with Crippen LogP contribution in [0.2, 0.25) is 0 Å². The van der Waals surface area contributed by atoms with Crippen molar-refractivity contribution in [1.29, 1.82) is 0 Å². The van der Waals surface area contributed by atoms with Crippen LogP contribution in [0.25, 0.3) is 10.9 Å². The number of carbonyl (C=O) groups is 2. The second-order valence-corrected chi connectivity index (χ2v) is 7.29. The van der Waals surface area contributed by atoms with Crippen molar-refractivity contribution in [3.05, 3.63) is 59.8 Å². The second kappa shape index (κ2) is 8.54. The van der Waals surface area contributed by atoms with E-state index in [0.29, 0.717) is 41.9 Å². The van der Waals surface area contributed by atoms with Gasteiger partial charge in [-0.25, -0.2) is 0 Å². The van der Waals surface area contributed by atoms with Gasteiger partial charge in [-0.3, -0.25) is 14.3 Å². The Morgan fingerprint density at radius 3 is 2.83 bits per heavy atom. The molecule has 1 saturated heterocycles. The Balaban J connectivity index is 1.52. The first kappa shape index (κ1) is 19.9. The van der Waals surface area contributed by atoms with Crippen molar-refractivity contribution in [1.82, 2.24) is 20.0 Å². The van der Waals surface area contributed by atoms with E-state index < -0.39 is 6.04 Å². The van der Waals surface area contributed by atoms with Gasteiger partial charge in [0.05, 0.1) is 12.1 Å². The van der Waals surface area contributed by atoms with Crippen LogP contribution in [0.5, 0.6) is 5.75 Å². The SMILES string of the molecule is Cn1nc2ccc(OCc3ccccc3)cc2c1C(=O)NC1CCN(CCO)C1=O. The van der Waals surface area contributed by atoms with Crippen molar-refractivity contribution in [2.75, 3.05) is 19.7 Å². The normalized spacial score (nSPS) is 16.3. The van der Waals surface area contributed by atoms with Crippen molar-refractivity contribution >= 4 is 22.7 Å². The molecule has 0 radical (unpaired) electrons. The highest BCUT2D eigenvalue weighted by Crippen LogP contribution is 2.25. The van der Waals surface area contributed by atoms with Crippen LogP contribution in [0.1, 0.15) is 22.5 Å². The highest BCUT2D eigenvalue weighted by atomic mass is 16.5. The minimum atomic E-state index is -0.591. The number of carbonyl (C=O) groups excluding carboxylic acids is 2. The number of aromatic nitrogens is 2. The fraction of sp³-hybridized carbons (Fsp3) is 0.318. The summed E-state index contributed by atoms with van der Waals surface area (Å²) < 4.78 is 7.40. The van der Waals surface area contributed by atoms with Gasteiger partial charge in [0.15, 0.2) is 0 Å². The van der Waals surface area contributed by atoms with Crippen LogP contribution < -0.4 is 10.1 Å². The molecule has 0 spiro atoms. The molecule has 2 heterocycles. The molecule has 1 aliphatic heterocycles. The number of nitrogens with one attached hydrogen (secondary N) is 1. The fourth-order valence-corrected chi connectivity index (χ4v) is 3.72. The van der Waals surface area contributed by atoms with E-state index in [1.807, 2.05) is 42.5 Å². The maximum Gasteiger partial charge on any atom is 0.270 e. The van der Waals surface area contributed by atoms with Gasteiger partial charge >= 0.3 is 0 Å². The summed E-state index contributed by atoms with van der Waals surface area (Å²) in [7, 11) is 1.70. The minimum absolute atomic E-state index is 0.0927. The molecule has 2 aromatic carbocycles. The average molecular weight is 408 g/mol. The molecule has 156 valence electrons. The Labute approximate surface area is 174 Å². The van der Waals surface area contributed by atoms with E-state index in [0.717, 1.165) is 5.56 Å². The first-order chi connectivity index (χ1) is 14.6. The van der Waals surface area contributed by atoms with Gasteiger partial charge in [-0.15, -0.1) is 0 Å². The van der Waals surface area contributed by atoms with Crippen molar-refractivity contribution in [2.45, 2.75) is 19.1 Å². The molecule has 4 rings (SSSR count). The average Bonchev–Trinajstić information content (AvgIpc) is 3.26. The summed E-state index contributed by atoms with van der Waals surface area (Å²) in [5, 5.41) is 16.9. The van der Waals surface area contributed by atoms with Crippen molar-refractivity contribution in [3.8, 4) is 5.75 Å². The Morgan fingerprint density at radius 1 is 1.27 bits per heavy atom. The number of aryl methyl sites for hydroxylation is 1. The topological polar surface area (TPSA) is 96.7 Å². The second-order valence-electron chi connectivity index (χ2n) is 7.29. The highest BCUT2D eigenvalue weighted by molar-refractivity contribution is 6.06. The van der Waals surface area contributed by atoms with Gasteiger partial charge in [-0.05, 0) is 30.2 Å². The number of benzene rings is 2. The predicted octanol–water partition coefficient (Wildman–Crippen LogP) is 1.48. The number of nitrogens with zero attached hydrogens (tertiary/aromatic N) is 3. The maximum absolute atomic E-state index is 13.0. The van der Waals surface area contributed by atoms with Crippen LogP contribution in [0.3, 0.4) is 0 Å². The highest BCUT2D eigenvalue weighted by Gasteiger charge is 2.33. The summed E-state index contributed by atoms with van der Waals surface area (Å²) in [6, 6.07) is 14.7. The Bertz CT molecular complexity index is 1060. The standard InChI is InChI=1S/C22H24N4O4/c1-25-20(21(28)23-19-9-10-26(11-12-27)22(19)29)17-13-16(7-8-18(17)24-25)30-14-15-5-3-2-4-6-15/h2-8,13,19,27H,9-12,14H2,1H3,(H,23,28). The monoisotopic (exact) mass is 408 g/mol. The summed E-state index contributed by atoms with van der Waals surface area (Å²) in [4.78, 5) is 26.9. The van der Waals surface area contributed by atoms with E-state index >= 15 is 0 Å². The maximum atomic E-state index is 13.0. The van der Waals surface area contributed by atoms with Crippen LogP contribution in [0.4, 0.5) is 0 Å². The van der Waals surface area contributed by atoms with Crippen LogP contribution in [-0.2, 0) is 18.4 Å². The molecular weight excluding hydrogens is 384 g/mol. The lowest BCUT2D eigenvalue weighted by Crippen LogP contribution is -2.42. The van der Waals surface area contributed by atoms with Crippen molar-refractivity contribution < 1.29 is 19.4 Å². The number of hydrogen-bond acceptors (Lipinski definition) is 5. The molecule has 0 bridgehead atoms. The molecule has 30 heavy (non-hydrogen) atoms. The summed E-state index contributed by atoms with van der Waals surface area (Å²) >= 11 is 0. The summed E-state index contributed by atoms with van der Waals surface area (Å²) in [6.45, 7) is 1.13. The third kappa shape index (κ3) is 3.99. The van der Waals surface area contributed by atoms with E-state index in [4.69, 9.17) is 9.84 Å². The number of aliphatic hydroxyl groups is 1. The van der Waals surface area contributed by atoms with Crippen molar-refractivity contribution in [3.63, 3.8) is 0 Å². The lowest BCUT2D eigenvalue weighted by atomic mass is 10.1. The van der Waals surface area contributed by atoms with Crippen LogP contribution >= 0.6 is 0 Å². The molecule has 8 heteroatoms. The molecule has 2 amide bonds. The smallest absolute Gasteiger partial charge is 0.270 e. The molecule has 1 fully saturated rings. The molecule has 1 atom stereocenters. The van der Waals surface area contributed by atoms with Gasteiger partial charge in [0.1, 0.15) is 24.1 Å². The van der Waals surface area contributed by atoms with E-state index in [2.05, 4.69) is 10.4 Å². The fourth-order valence-electron chi connectivity index (χ4n) is 3.72. The van der Waals surface area contributed by atoms with Gasteiger partial charge in [0, 0.05) is 25.5 Å². The summed E-state index contributed by atoms with van der Waals surface area (Å²) in [5.74, 6) is 0.111. The number of rotatable bonds is 7. The number of β-amino-alcohol motifs (C(OH)–C–C–N with tert-alkyl or cyclic N) is 1. The first-order valence-electron chi connectivity index (χ1n) is 9.91. The van der Waals surface area contributed by atoms with Gasteiger partial charge in [0.2, 0.25) is 5.91 Å². The Kier molecular flexibility index (Phi) is 5.67. The molecular formula is C22H24N4O4. The zero-order valence-corrected chi connectivity index (χ0v) is 16.7. The van der Waals surface area contributed by atoms with Crippen molar-refractivity contribution in [2.24, 2.45) is 7.05 Å². The Hall–Kier alpha value is -3.39. The molecule has 0 saturated carbocycles. The van der Waals surface area contributed by atoms with Crippen LogP contribution in [-0.4, -0.2) is 57.3 Å². The van der Waals surface area contributed by atoms with Gasteiger partial charge < -0.3 is 20.1 Å². The molecule has 0 aliphatic carbocycles. The number of hydrogen-bond donors (Lipinski definition) is 2. The molecule has 8 nitrogen and oxygen atoms in total. The first-order valence-corrected chi connectivity index (χ1v) is 9.91. The number of likely N-dealkylation sites (tertiary alicyclic amines) is 1. The third-order valence-electron chi connectivity index (χ3n) is 5.24. The van der Waals surface area contributed by atoms with E-state index in [1.165, 1.54) is 4.68 Å². The molecule has 3 aromatic rings. The van der Waals surface area contributed by atoms with E-state index in [9.17, 15) is 9.59 Å².